The first-order chi connectivity index (χ1) is 19.5. The number of carbonyl (C=O) groups excluding carboxylic acids is 1. The van der Waals surface area contributed by atoms with Crippen molar-refractivity contribution in [2.24, 2.45) is 5.92 Å². The number of hydrogen-bond acceptors (Lipinski definition) is 4. The number of benzene rings is 2. The lowest BCUT2D eigenvalue weighted by molar-refractivity contribution is -0.142. The van der Waals surface area contributed by atoms with Gasteiger partial charge in [0.25, 0.3) is 5.91 Å². The van der Waals surface area contributed by atoms with E-state index in [-0.39, 0.29) is 36.9 Å². The molecule has 0 bridgehead atoms. The molecule has 222 valence electrons. The van der Waals surface area contributed by atoms with Crippen molar-refractivity contribution in [2.75, 3.05) is 39.9 Å². The molecular formula is C31H36F4N2O4. The van der Waals surface area contributed by atoms with Gasteiger partial charge in [0.05, 0.1) is 11.1 Å². The van der Waals surface area contributed by atoms with E-state index in [1.54, 1.807) is 12.0 Å². The Labute approximate surface area is 237 Å². The van der Waals surface area contributed by atoms with Crippen molar-refractivity contribution in [3.63, 3.8) is 0 Å². The molecule has 2 saturated heterocycles. The number of amides is 1. The molecule has 2 heterocycles. The van der Waals surface area contributed by atoms with E-state index >= 15 is 4.39 Å². The largest absolute Gasteiger partial charge is 0.478 e. The van der Waals surface area contributed by atoms with Crippen LogP contribution in [-0.4, -0.2) is 78.4 Å². The molecule has 3 fully saturated rings. The maximum atomic E-state index is 16.2. The normalized spacial score (nSPS) is 25.7. The molecule has 1 N–H and O–H groups in total. The first-order valence-electron chi connectivity index (χ1n) is 14.3. The van der Waals surface area contributed by atoms with Gasteiger partial charge in [0.15, 0.2) is 0 Å². The van der Waals surface area contributed by atoms with E-state index in [2.05, 4.69) is 4.90 Å². The van der Waals surface area contributed by atoms with Crippen molar-refractivity contribution in [3.8, 4) is 11.1 Å². The van der Waals surface area contributed by atoms with Crippen LogP contribution in [0.5, 0.6) is 0 Å². The predicted octanol–water partition coefficient (Wildman–Crippen LogP) is 6.01. The number of carbonyl (C=O) groups is 2. The molecular weight excluding hydrogens is 540 g/mol. The van der Waals surface area contributed by atoms with E-state index in [1.165, 1.54) is 30.3 Å². The molecule has 0 radical (unpaired) electrons. The number of halogens is 4. The third kappa shape index (κ3) is 6.14. The summed E-state index contributed by atoms with van der Waals surface area (Å²) in [4.78, 5) is 28.7. The lowest BCUT2D eigenvalue weighted by Crippen LogP contribution is -2.48. The summed E-state index contributed by atoms with van der Waals surface area (Å²) >= 11 is 0. The molecule has 2 aromatic rings. The highest BCUT2D eigenvalue weighted by molar-refractivity contribution is 5.88. The average molecular weight is 577 g/mol. The molecule has 6 nitrogen and oxygen atoms in total. The molecule has 3 aliphatic rings. The van der Waals surface area contributed by atoms with Gasteiger partial charge in [-0.1, -0.05) is 31.0 Å². The highest BCUT2D eigenvalue weighted by Gasteiger charge is 2.51. The van der Waals surface area contributed by atoms with Crippen LogP contribution in [0, 0.1) is 5.92 Å². The second-order valence-corrected chi connectivity index (χ2v) is 11.7. The second-order valence-electron chi connectivity index (χ2n) is 11.7. The monoisotopic (exact) mass is 576 g/mol. The quantitative estimate of drug-likeness (QED) is 0.390. The van der Waals surface area contributed by atoms with Crippen molar-refractivity contribution < 1.29 is 37.0 Å². The number of rotatable bonds is 8. The number of likely N-dealkylation sites (tertiary alicyclic amines) is 2. The summed E-state index contributed by atoms with van der Waals surface area (Å²) in [7, 11) is 1.56. The molecule has 2 aliphatic heterocycles. The third-order valence-corrected chi connectivity index (χ3v) is 9.12. The number of aromatic carboxylic acids is 1. The minimum absolute atomic E-state index is 0.0225. The van der Waals surface area contributed by atoms with Crippen LogP contribution in [-0.2, 0) is 15.7 Å². The average Bonchev–Trinajstić information content (AvgIpc) is 3.71. The van der Waals surface area contributed by atoms with Crippen LogP contribution in [0.25, 0.3) is 11.1 Å². The minimum atomic E-state index is -4.57. The lowest BCUT2D eigenvalue weighted by Gasteiger charge is -2.28. The van der Waals surface area contributed by atoms with Gasteiger partial charge in [-0.05, 0) is 66.1 Å². The zero-order valence-corrected chi connectivity index (χ0v) is 23.1. The number of carboxylic acids is 1. The first-order valence-corrected chi connectivity index (χ1v) is 14.3. The third-order valence-electron chi connectivity index (χ3n) is 9.12. The molecule has 0 unspecified atom stereocenters. The molecule has 2 aromatic carbocycles. The second kappa shape index (κ2) is 11.7. The van der Waals surface area contributed by atoms with Gasteiger partial charge in [-0.15, -0.1) is 0 Å². The van der Waals surface area contributed by atoms with Gasteiger partial charge in [0, 0.05) is 58.3 Å². The molecule has 10 heteroatoms. The van der Waals surface area contributed by atoms with E-state index in [0.29, 0.717) is 48.8 Å². The molecule has 1 amide bonds. The minimum Gasteiger partial charge on any atom is -0.478 e. The van der Waals surface area contributed by atoms with Gasteiger partial charge in [-0.3, -0.25) is 9.69 Å². The zero-order valence-electron chi connectivity index (χ0n) is 23.1. The van der Waals surface area contributed by atoms with Crippen molar-refractivity contribution in [1.29, 1.82) is 0 Å². The van der Waals surface area contributed by atoms with E-state index in [1.807, 2.05) is 0 Å². The molecule has 3 atom stereocenters. The summed E-state index contributed by atoms with van der Waals surface area (Å²) in [5.41, 5.74) is -1.39. The maximum absolute atomic E-state index is 16.2. The Morgan fingerprint density at radius 3 is 2.41 bits per heavy atom. The number of methoxy groups -OCH3 is 1. The molecule has 1 saturated carbocycles. The van der Waals surface area contributed by atoms with Crippen LogP contribution >= 0.6 is 0 Å². The summed E-state index contributed by atoms with van der Waals surface area (Å²) in [6, 6.07) is 9.60. The molecule has 5 rings (SSSR count). The molecule has 1 aliphatic carbocycles. The Kier molecular flexibility index (Phi) is 8.43. The Hall–Kier alpha value is -2.98. The Bertz CT molecular complexity index is 1260. The highest BCUT2D eigenvalue weighted by atomic mass is 19.4. The summed E-state index contributed by atoms with van der Waals surface area (Å²) in [6.07, 6.45) is 0.425. The van der Waals surface area contributed by atoms with Crippen LogP contribution in [0.1, 0.15) is 65.9 Å². The number of alkyl halides is 4. The smallest absolute Gasteiger partial charge is 0.416 e. The fourth-order valence-corrected chi connectivity index (χ4v) is 6.89. The van der Waals surface area contributed by atoms with E-state index in [0.717, 1.165) is 37.8 Å². The van der Waals surface area contributed by atoms with Gasteiger partial charge in [-0.2, -0.15) is 13.2 Å². The molecule has 41 heavy (non-hydrogen) atoms. The summed E-state index contributed by atoms with van der Waals surface area (Å²) in [6.45, 7) is 1.51. The molecule has 0 spiro atoms. The highest BCUT2D eigenvalue weighted by Crippen LogP contribution is 2.44. The van der Waals surface area contributed by atoms with E-state index < -0.39 is 29.3 Å². The van der Waals surface area contributed by atoms with E-state index in [4.69, 9.17) is 4.74 Å². The van der Waals surface area contributed by atoms with Crippen molar-refractivity contribution in [2.45, 2.75) is 62.3 Å². The number of carboxylic acid groups (broad SMARTS) is 1. The van der Waals surface area contributed by atoms with Crippen LogP contribution in [0.3, 0.4) is 0 Å². The Morgan fingerprint density at radius 1 is 1.07 bits per heavy atom. The van der Waals surface area contributed by atoms with Crippen molar-refractivity contribution in [3.05, 3.63) is 59.2 Å². The first kappa shape index (κ1) is 29.5. The number of hydrogen-bond donors (Lipinski definition) is 1. The maximum Gasteiger partial charge on any atom is 0.416 e. The number of ether oxygens (including phenoxy) is 1. The van der Waals surface area contributed by atoms with Gasteiger partial charge < -0.3 is 14.7 Å². The topological polar surface area (TPSA) is 70.1 Å². The molecule has 0 aromatic heterocycles. The van der Waals surface area contributed by atoms with Gasteiger partial charge in [0.2, 0.25) is 5.67 Å². The lowest BCUT2D eigenvalue weighted by atomic mass is 9.82. The fraction of sp³-hybridized carbons (Fsp3) is 0.548. The van der Waals surface area contributed by atoms with Crippen molar-refractivity contribution >= 4 is 11.9 Å². The van der Waals surface area contributed by atoms with Crippen LogP contribution in [0.4, 0.5) is 17.6 Å². The Balaban J connectivity index is 1.46. The fourth-order valence-electron chi connectivity index (χ4n) is 6.89. The van der Waals surface area contributed by atoms with Gasteiger partial charge in [0.1, 0.15) is 0 Å². The predicted molar refractivity (Wildman–Crippen MR) is 145 cm³/mol. The summed E-state index contributed by atoms with van der Waals surface area (Å²) < 4.78 is 62.7. The van der Waals surface area contributed by atoms with Crippen LogP contribution < -0.4 is 0 Å². The summed E-state index contributed by atoms with van der Waals surface area (Å²) in [5.74, 6) is -2.17. The van der Waals surface area contributed by atoms with Crippen LogP contribution in [0.15, 0.2) is 42.5 Å². The van der Waals surface area contributed by atoms with Crippen LogP contribution in [0.2, 0.25) is 0 Å². The summed E-state index contributed by atoms with van der Waals surface area (Å²) in [5, 5.41) is 9.28. The van der Waals surface area contributed by atoms with E-state index in [9.17, 15) is 27.9 Å². The zero-order chi connectivity index (χ0) is 29.4. The Morgan fingerprint density at radius 2 is 1.78 bits per heavy atom. The standard InChI is InChI=1S/C31H36F4N2O4/c1-41-15-12-22-17-37(29(40)30(32)13-14-36(19-30)24-4-2-3-5-24)18-27(22)25-11-10-23(31(33,34)35)16-26(25)20-6-8-21(9-7-20)28(38)39/h6-11,16,22,24,27H,2-5,12-15,17-19H2,1H3,(H,38,39)/t22-,27-,30+/m0/s1. The van der Waals surface area contributed by atoms with Gasteiger partial charge >= 0.3 is 12.1 Å². The number of nitrogens with zero attached hydrogens (tertiary/aromatic N) is 2. The SMILES string of the molecule is COCC[C@H]1CN(C(=O)[C@@]2(F)CCN(C3CCCC3)C2)C[C@@H]1c1ccc(C(F)(F)F)cc1-c1ccc(C(=O)O)cc1. The van der Waals surface area contributed by atoms with Gasteiger partial charge in [-0.25, -0.2) is 9.18 Å². The van der Waals surface area contributed by atoms with Crippen molar-refractivity contribution in [1.82, 2.24) is 9.80 Å².